The number of rotatable bonds is 8. The zero-order valence-electron chi connectivity index (χ0n) is 23.2. The number of hydrogen-bond acceptors (Lipinski definition) is 5. The van der Waals surface area contributed by atoms with Crippen molar-refractivity contribution >= 4 is 23.4 Å². The van der Waals surface area contributed by atoms with Crippen LogP contribution < -0.4 is 20.7 Å². The van der Waals surface area contributed by atoms with Gasteiger partial charge in [-0.1, -0.05) is 39.8 Å². The van der Waals surface area contributed by atoms with E-state index in [1.54, 1.807) is 42.1 Å². The summed E-state index contributed by atoms with van der Waals surface area (Å²) in [5, 5.41) is 12.9. The SMILES string of the molecule is CCC(=O)NCc1ccc(-n2nc(C(C)(C)C)cc2NC(=O)Nc2ccc(Oc3ccnc(C)c3)cc2F)cc1. The molecule has 2 aromatic carbocycles. The highest BCUT2D eigenvalue weighted by Crippen LogP contribution is 2.28. The monoisotopic (exact) mass is 544 g/mol. The lowest BCUT2D eigenvalue weighted by Gasteiger charge is -2.14. The number of urea groups is 1. The number of nitrogens with zero attached hydrogens (tertiary/aromatic N) is 3. The zero-order valence-corrected chi connectivity index (χ0v) is 23.2. The van der Waals surface area contributed by atoms with Crippen molar-refractivity contribution in [1.29, 1.82) is 0 Å². The summed E-state index contributed by atoms with van der Waals surface area (Å²) in [4.78, 5) is 28.6. The number of aromatic nitrogens is 3. The Labute approximate surface area is 232 Å². The van der Waals surface area contributed by atoms with Gasteiger partial charge in [-0.25, -0.2) is 13.9 Å². The maximum absolute atomic E-state index is 14.8. The molecular formula is C30H33FN6O3. The largest absolute Gasteiger partial charge is 0.457 e. The molecule has 40 heavy (non-hydrogen) atoms. The highest BCUT2D eigenvalue weighted by molar-refractivity contribution is 5.99. The molecule has 0 bridgehead atoms. The minimum Gasteiger partial charge on any atom is -0.457 e. The second-order valence-electron chi connectivity index (χ2n) is 10.3. The summed E-state index contributed by atoms with van der Waals surface area (Å²) in [6.45, 7) is 10.1. The summed E-state index contributed by atoms with van der Waals surface area (Å²) >= 11 is 0. The van der Waals surface area contributed by atoms with E-state index in [-0.39, 0.29) is 17.0 Å². The first kappa shape index (κ1) is 28.3. The molecule has 0 unspecified atom stereocenters. The van der Waals surface area contributed by atoms with Crippen molar-refractivity contribution in [2.45, 2.75) is 53.0 Å². The molecule has 0 fully saturated rings. The van der Waals surface area contributed by atoms with Crippen molar-refractivity contribution < 1.29 is 18.7 Å². The summed E-state index contributed by atoms with van der Waals surface area (Å²) in [5.74, 6) is 0.577. The van der Waals surface area contributed by atoms with Crippen LogP contribution in [0.3, 0.4) is 0 Å². The number of aryl methyl sites for hydroxylation is 1. The lowest BCUT2D eigenvalue weighted by atomic mass is 9.92. The molecular weight excluding hydrogens is 511 g/mol. The molecule has 0 aliphatic heterocycles. The topological polar surface area (TPSA) is 110 Å². The Morgan fingerprint density at radius 2 is 1.70 bits per heavy atom. The van der Waals surface area contributed by atoms with Crippen LogP contribution in [0.5, 0.6) is 11.5 Å². The van der Waals surface area contributed by atoms with Gasteiger partial charge >= 0.3 is 6.03 Å². The van der Waals surface area contributed by atoms with Crippen LogP contribution in [0.25, 0.3) is 5.69 Å². The smallest absolute Gasteiger partial charge is 0.324 e. The maximum Gasteiger partial charge on any atom is 0.324 e. The molecule has 0 spiro atoms. The third kappa shape index (κ3) is 7.22. The zero-order chi connectivity index (χ0) is 28.9. The molecule has 0 aliphatic carbocycles. The Kier molecular flexibility index (Phi) is 8.47. The molecule has 0 radical (unpaired) electrons. The van der Waals surface area contributed by atoms with E-state index in [0.29, 0.717) is 30.3 Å². The van der Waals surface area contributed by atoms with Gasteiger partial charge in [0.25, 0.3) is 0 Å². The Hall–Kier alpha value is -4.73. The molecule has 208 valence electrons. The van der Waals surface area contributed by atoms with Crippen LogP contribution in [-0.4, -0.2) is 26.7 Å². The van der Waals surface area contributed by atoms with E-state index in [2.05, 4.69) is 20.9 Å². The third-order valence-corrected chi connectivity index (χ3v) is 6.00. The molecule has 9 nitrogen and oxygen atoms in total. The van der Waals surface area contributed by atoms with Gasteiger partial charge in [0, 0.05) is 48.5 Å². The fourth-order valence-corrected chi connectivity index (χ4v) is 3.76. The van der Waals surface area contributed by atoms with E-state index in [4.69, 9.17) is 9.84 Å². The first-order valence-corrected chi connectivity index (χ1v) is 13.0. The minimum atomic E-state index is -0.645. The fourth-order valence-electron chi connectivity index (χ4n) is 3.76. The number of carbonyl (C=O) groups is 2. The molecule has 4 aromatic rings. The van der Waals surface area contributed by atoms with Crippen LogP contribution in [0.1, 0.15) is 51.1 Å². The number of hydrogen-bond donors (Lipinski definition) is 3. The van der Waals surface area contributed by atoms with Gasteiger partial charge in [0.1, 0.15) is 23.1 Å². The van der Waals surface area contributed by atoms with Crippen LogP contribution in [0.2, 0.25) is 0 Å². The summed E-state index contributed by atoms with van der Waals surface area (Å²) in [5.41, 5.74) is 2.91. The molecule has 0 atom stereocenters. The molecule has 0 aliphatic rings. The van der Waals surface area contributed by atoms with Crippen LogP contribution >= 0.6 is 0 Å². The van der Waals surface area contributed by atoms with Gasteiger partial charge < -0.3 is 15.4 Å². The molecule has 3 amide bonds. The number of ether oxygens (including phenoxy) is 1. The molecule has 2 heterocycles. The summed E-state index contributed by atoms with van der Waals surface area (Å²) in [7, 11) is 0. The molecule has 0 saturated carbocycles. The second kappa shape index (κ2) is 12.0. The van der Waals surface area contributed by atoms with Crippen molar-refractivity contribution in [1.82, 2.24) is 20.1 Å². The van der Waals surface area contributed by atoms with E-state index in [1.807, 2.05) is 52.0 Å². The van der Waals surface area contributed by atoms with Crippen molar-refractivity contribution in [2.24, 2.45) is 0 Å². The van der Waals surface area contributed by atoms with Crippen LogP contribution in [-0.2, 0) is 16.8 Å². The summed E-state index contributed by atoms with van der Waals surface area (Å²) in [6, 6.07) is 16.3. The Morgan fingerprint density at radius 1 is 0.975 bits per heavy atom. The van der Waals surface area contributed by atoms with Crippen LogP contribution in [0.4, 0.5) is 20.7 Å². The number of amides is 3. The molecule has 3 N–H and O–H groups in total. The quantitative estimate of drug-likeness (QED) is 0.235. The second-order valence-corrected chi connectivity index (χ2v) is 10.3. The normalized spacial score (nSPS) is 11.2. The minimum absolute atomic E-state index is 0.00338. The highest BCUT2D eigenvalue weighted by atomic mass is 19.1. The summed E-state index contributed by atoms with van der Waals surface area (Å²) in [6.07, 6.45) is 2.03. The van der Waals surface area contributed by atoms with E-state index in [9.17, 15) is 14.0 Å². The van der Waals surface area contributed by atoms with Gasteiger partial charge in [0.05, 0.1) is 17.1 Å². The number of halogens is 1. The van der Waals surface area contributed by atoms with Gasteiger partial charge in [-0.05, 0) is 42.8 Å². The Morgan fingerprint density at radius 3 is 2.35 bits per heavy atom. The standard InChI is InChI=1S/C30H33FN6O3/c1-6-28(38)33-18-20-7-9-21(10-8-20)37-27(17-26(36-37)30(3,4)5)35-29(39)34-25-12-11-22(16-24(25)31)40-23-13-14-32-19(2)15-23/h7-17H,6,18H2,1-5H3,(H,33,38)(H2,34,35,39). The van der Waals surface area contributed by atoms with Gasteiger partial charge in [0.2, 0.25) is 5.91 Å². The fraction of sp³-hybridized carbons (Fsp3) is 0.267. The number of benzene rings is 2. The molecule has 4 rings (SSSR count). The van der Waals surface area contributed by atoms with Crippen molar-refractivity contribution in [3.63, 3.8) is 0 Å². The third-order valence-electron chi connectivity index (χ3n) is 6.00. The number of carbonyl (C=O) groups excluding carboxylic acids is 2. The lowest BCUT2D eigenvalue weighted by molar-refractivity contribution is -0.120. The van der Waals surface area contributed by atoms with Crippen molar-refractivity contribution in [2.75, 3.05) is 10.6 Å². The Balaban J connectivity index is 1.49. The number of anilines is 2. The average molecular weight is 545 g/mol. The van der Waals surface area contributed by atoms with E-state index >= 15 is 0 Å². The Bertz CT molecular complexity index is 1510. The maximum atomic E-state index is 14.8. The summed E-state index contributed by atoms with van der Waals surface area (Å²) < 4.78 is 22.1. The number of pyridine rings is 1. The van der Waals surface area contributed by atoms with Gasteiger partial charge in [-0.3, -0.25) is 15.1 Å². The van der Waals surface area contributed by atoms with E-state index in [0.717, 1.165) is 22.6 Å². The van der Waals surface area contributed by atoms with Gasteiger partial charge in [0.15, 0.2) is 0 Å². The first-order chi connectivity index (χ1) is 19.0. The molecule has 0 saturated heterocycles. The predicted octanol–water partition coefficient (Wildman–Crippen LogP) is 6.47. The first-order valence-electron chi connectivity index (χ1n) is 13.0. The van der Waals surface area contributed by atoms with E-state index < -0.39 is 11.8 Å². The predicted molar refractivity (Wildman–Crippen MR) is 152 cm³/mol. The molecule has 10 heteroatoms. The highest BCUT2D eigenvalue weighted by Gasteiger charge is 2.22. The van der Waals surface area contributed by atoms with Gasteiger partial charge in [-0.2, -0.15) is 5.10 Å². The van der Waals surface area contributed by atoms with Crippen molar-refractivity contribution in [3.8, 4) is 17.2 Å². The van der Waals surface area contributed by atoms with Gasteiger partial charge in [-0.15, -0.1) is 0 Å². The lowest BCUT2D eigenvalue weighted by Crippen LogP contribution is -2.22. The average Bonchev–Trinajstić information content (AvgIpc) is 3.33. The van der Waals surface area contributed by atoms with Crippen LogP contribution in [0, 0.1) is 12.7 Å². The van der Waals surface area contributed by atoms with Crippen LogP contribution in [0.15, 0.2) is 66.9 Å². The van der Waals surface area contributed by atoms with E-state index in [1.165, 1.54) is 12.1 Å². The van der Waals surface area contributed by atoms with Crippen molar-refractivity contribution in [3.05, 3.63) is 89.6 Å². The molecule has 2 aromatic heterocycles. The number of nitrogens with one attached hydrogen (secondary N) is 3.